The molecular weight excluding hydrogens is 322 g/mol. The van der Waals surface area contributed by atoms with Gasteiger partial charge in [0, 0.05) is 4.88 Å². The molecule has 7 heteroatoms. The largest absolute Gasteiger partial charge is 0.346 e. The first kappa shape index (κ1) is 12.7. The fourth-order valence-corrected chi connectivity index (χ4v) is 3.40. The van der Waals surface area contributed by atoms with E-state index in [9.17, 15) is 4.79 Å². The minimum absolute atomic E-state index is 0.0960. The highest BCUT2D eigenvalue weighted by Crippen LogP contribution is 2.22. The molecule has 0 aliphatic heterocycles. The molecule has 2 aromatic rings. The van der Waals surface area contributed by atoms with E-state index in [0.29, 0.717) is 11.4 Å². The number of carbonyl (C=O) groups is 1. The molecule has 0 saturated carbocycles. The van der Waals surface area contributed by atoms with Gasteiger partial charge in [-0.1, -0.05) is 11.4 Å². The lowest BCUT2D eigenvalue weighted by atomic mass is 10.3. The minimum Gasteiger partial charge on any atom is -0.346 e. The number of aryl methyl sites for hydroxylation is 1. The van der Waals surface area contributed by atoms with Crippen LogP contribution in [0.2, 0.25) is 0 Å². The summed E-state index contributed by atoms with van der Waals surface area (Å²) in [7, 11) is 0. The average molecular weight is 332 g/mol. The first-order chi connectivity index (χ1) is 8.20. The van der Waals surface area contributed by atoms with Crippen LogP contribution in [0.25, 0.3) is 0 Å². The van der Waals surface area contributed by atoms with Gasteiger partial charge in [-0.3, -0.25) is 4.79 Å². The highest BCUT2D eigenvalue weighted by Gasteiger charge is 2.14. The standard InChI is InChI=1S/C10H10BrN3OS2/c1-2-7-9(17-14-13-7)10(15)12-5-6-3-4-8(11)16-6/h3-4H,2,5H2,1H3,(H,12,15). The summed E-state index contributed by atoms with van der Waals surface area (Å²) in [4.78, 5) is 13.6. The quantitative estimate of drug-likeness (QED) is 0.937. The molecule has 2 rings (SSSR count). The van der Waals surface area contributed by atoms with Crippen LogP contribution in [0.5, 0.6) is 0 Å². The lowest BCUT2D eigenvalue weighted by molar-refractivity contribution is 0.0954. The van der Waals surface area contributed by atoms with Gasteiger partial charge >= 0.3 is 0 Å². The van der Waals surface area contributed by atoms with Crippen molar-refractivity contribution < 1.29 is 4.79 Å². The van der Waals surface area contributed by atoms with Gasteiger partial charge in [0.05, 0.1) is 16.0 Å². The topological polar surface area (TPSA) is 54.9 Å². The van der Waals surface area contributed by atoms with Crippen molar-refractivity contribution in [2.45, 2.75) is 19.9 Å². The Kier molecular flexibility index (Phi) is 4.25. The van der Waals surface area contributed by atoms with Crippen molar-refractivity contribution >= 4 is 44.7 Å². The summed E-state index contributed by atoms with van der Waals surface area (Å²) in [5.41, 5.74) is 0.764. The molecule has 1 amide bonds. The van der Waals surface area contributed by atoms with Crippen LogP contribution >= 0.6 is 38.8 Å². The monoisotopic (exact) mass is 331 g/mol. The third-order valence-electron chi connectivity index (χ3n) is 2.15. The Morgan fingerprint density at radius 2 is 2.35 bits per heavy atom. The number of hydrogen-bond donors (Lipinski definition) is 1. The molecule has 0 aliphatic rings. The Morgan fingerprint density at radius 1 is 1.53 bits per heavy atom. The number of aromatic nitrogens is 2. The number of rotatable bonds is 4. The smallest absolute Gasteiger partial charge is 0.265 e. The minimum atomic E-state index is -0.0960. The van der Waals surface area contributed by atoms with Crippen LogP contribution in [-0.2, 0) is 13.0 Å². The van der Waals surface area contributed by atoms with Crippen molar-refractivity contribution in [3.63, 3.8) is 0 Å². The van der Waals surface area contributed by atoms with E-state index in [1.807, 2.05) is 19.1 Å². The zero-order valence-electron chi connectivity index (χ0n) is 9.07. The van der Waals surface area contributed by atoms with Crippen molar-refractivity contribution in [3.8, 4) is 0 Å². The van der Waals surface area contributed by atoms with Crippen molar-refractivity contribution in [2.24, 2.45) is 0 Å². The Bertz CT molecular complexity index is 523. The third kappa shape index (κ3) is 3.11. The molecule has 4 nitrogen and oxygen atoms in total. The van der Waals surface area contributed by atoms with E-state index >= 15 is 0 Å². The van der Waals surface area contributed by atoms with Gasteiger partial charge in [0.15, 0.2) is 0 Å². The van der Waals surface area contributed by atoms with Gasteiger partial charge < -0.3 is 5.32 Å². The maximum Gasteiger partial charge on any atom is 0.265 e. The van der Waals surface area contributed by atoms with Crippen molar-refractivity contribution in [1.29, 1.82) is 0 Å². The van der Waals surface area contributed by atoms with E-state index in [0.717, 1.165) is 32.3 Å². The van der Waals surface area contributed by atoms with Gasteiger partial charge in [-0.25, -0.2) is 0 Å². The lowest BCUT2D eigenvalue weighted by Crippen LogP contribution is -2.22. The summed E-state index contributed by atoms with van der Waals surface area (Å²) in [5, 5.41) is 6.79. The predicted molar refractivity (Wildman–Crippen MR) is 72.5 cm³/mol. The lowest BCUT2D eigenvalue weighted by Gasteiger charge is -2.01. The Hall–Kier alpha value is -0.790. The van der Waals surface area contributed by atoms with Crippen molar-refractivity contribution in [1.82, 2.24) is 14.9 Å². The highest BCUT2D eigenvalue weighted by atomic mass is 79.9. The van der Waals surface area contributed by atoms with Gasteiger partial charge in [0.2, 0.25) is 0 Å². The Balaban J connectivity index is 1.98. The summed E-state index contributed by atoms with van der Waals surface area (Å²) in [6.07, 6.45) is 0.726. The molecule has 17 heavy (non-hydrogen) atoms. The molecule has 0 aromatic carbocycles. The first-order valence-electron chi connectivity index (χ1n) is 5.04. The second kappa shape index (κ2) is 5.70. The molecule has 2 aromatic heterocycles. The van der Waals surface area contributed by atoms with Gasteiger partial charge in [-0.2, -0.15) is 0 Å². The molecule has 0 atom stereocenters. The molecular formula is C10H10BrN3OS2. The number of carbonyl (C=O) groups excluding carboxylic acids is 1. The molecule has 1 N–H and O–H groups in total. The number of nitrogens with zero attached hydrogens (tertiary/aromatic N) is 2. The van der Waals surface area contributed by atoms with E-state index in [4.69, 9.17) is 0 Å². The Labute approximate surface area is 115 Å². The third-order valence-corrected chi connectivity index (χ3v) is 4.54. The number of nitrogens with one attached hydrogen (secondary N) is 1. The van der Waals surface area contributed by atoms with Crippen LogP contribution in [0.15, 0.2) is 15.9 Å². The summed E-state index contributed by atoms with van der Waals surface area (Å²) in [6, 6.07) is 3.96. The second-order valence-electron chi connectivity index (χ2n) is 3.29. The molecule has 0 fully saturated rings. The van der Waals surface area contributed by atoms with Crippen LogP contribution in [0.4, 0.5) is 0 Å². The zero-order valence-corrected chi connectivity index (χ0v) is 12.3. The van der Waals surface area contributed by atoms with Gasteiger partial charge in [0.25, 0.3) is 5.91 Å². The van der Waals surface area contributed by atoms with Gasteiger partial charge in [-0.15, -0.1) is 16.4 Å². The van der Waals surface area contributed by atoms with Crippen molar-refractivity contribution in [2.75, 3.05) is 0 Å². The van der Waals surface area contributed by atoms with E-state index < -0.39 is 0 Å². The first-order valence-corrected chi connectivity index (χ1v) is 7.42. The molecule has 0 bridgehead atoms. The summed E-state index contributed by atoms with van der Waals surface area (Å²) in [5.74, 6) is -0.0960. The second-order valence-corrected chi connectivity index (χ2v) is 6.59. The normalized spacial score (nSPS) is 10.5. The molecule has 0 spiro atoms. The van der Waals surface area contributed by atoms with Gasteiger partial charge in [0.1, 0.15) is 4.88 Å². The maximum atomic E-state index is 11.9. The molecule has 0 radical (unpaired) electrons. The van der Waals surface area contributed by atoms with E-state index in [1.165, 1.54) is 0 Å². The summed E-state index contributed by atoms with van der Waals surface area (Å²) in [6.45, 7) is 2.50. The predicted octanol–water partition coefficient (Wildman–Crippen LogP) is 2.85. The number of hydrogen-bond acceptors (Lipinski definition) is 5. The van der Waals surface area contributed by atoms with Crippen LogP contribution in [0.1, 0.15) is 27.2 Å². The number of thiophene rings is 1. The fourth-order valence-electron chi connectivity index (χ4n) is 1.31. The van der Waals surface area contributed by atoms with E-state index in [1.54, 1.807) is 11.3 Å². The number of amides is 1. The SMILES string of the molecule is CCc1nnsc1C(=O)NCc1ccc(Br)s1. The summed E-state index contributed by atoms with van der Waals surface area (Å²) >= 11 is 6.14. The molecule has 0 aliphatic carbocycles. The average Bonchev–Trinajstić information content (AvgIpc) is 2.94. The highest BCUT2D eigenvalue weighted by molar-refractivity contribution is 9.11. The van der Waals surface area contributed by atoms with E-state index in [-0.39, 0.29) is 5.91 Å². The zero-order chi connectivity index (χ0) is 12.3. The van der Waals surface area contributed by atoms with Crippen LogP contribution in [0, 0.1) is 0 Å². The maximum absolute atomic E-state index is 11.9. The molecule has 2 heterocycles. The van der Waals surface area contributed by atoms with Gasteiger partial charge in [-0.05, 0) is 46.0 Å². The van der Waals surface area contributed by atoms with Crippen LogP contribution in [-0.4, -0.2) is 15.5 Å². The Morgan fingerprint density at radius 3 is 3.00 bits per heavy atom. The molecule has 90 valence electrons. The van der Waals surface area contributed by atoms with Crippen LogP contribution < -0.4 is 5.32 Å². The number of halogens is 1. The molecule has 0 unspecified atom stereocenters. The molecule has 0 saturated heterocycles. The van der Waals surface area contributed by atoms with E-state index in [2.05, 4.69) is 30.8 Å². The summed E-state index contributed by atoms with van der Waals surface area (Å²) < 4.78 is 4.86. The fraction of sp³-hybridized carbons (Fsp3) is 0.300. The van der Waals surface area contributed by atoms with Crippen molar-refractivity contribution in [3.05, 3.63) is 31.4 Å². The van der Waals surface area contributed by atoms with Crippen LogP contribution in [0.3, 0.4) is 0 Å².